The normalized spacial score (nSPS) is 18.4. The molecule has 0 atom stereocenters. The minimum Gasteiger partial charge on any atom is -0.384 e. The van der Waals surface area contributed by atoms with Crippen molar-refractivity contribution in [1.29, 1.82) is 0 Å². The summed E-state index contributed by atoms with van der Waals surface area (Å²) in [5.74, 6) is 1.22. The van der Waals surface area contributed by atoms with Crippen LogP contribution in [0.3, 0.4) is 0 Å². The molecular weight excluding hydrogens is 176 g/mol. The summed E-state index contributed by atoms with van der Waals surface area (Å²) in [6.07, 6.45) is 4.12. The zero-order valence-corrected chi connectivity index (χ0v) is 8.49. The average molecular weight is 192 g/mol. The Morgan fingerprint density at radius 1 is 1.43 bits per heavy atom. The highest BCUT2D eigenvalue weighted by molar-refractivity contribution is 5.37. The van der Waals surface area contributed by atoms with Crippen molar-refractivity contribution in [3.05, 3.63) is 23.4 Å². The van der Waals surface area contributed by atoms with Crippen LogP contribution in [-0.4, -0.2) is 18.2 Å². The van der Waals surface area contributed by atoms with Crippen molar-refractivity contribution in [3.8, 4) is 0 Å². The molecule has 2 rings (SSSR count). The van der Waals surface area contributed by atoms with E-state index in [-0.39, 0.29) is 0 Å². The van der Waals surface area contributed by atoms with Gasteiger partial charge in [-0.05, 0) is 42.9 Å². The maximum Gasteiger partial charge on any atom is 0.123 e. The summed E-state index contributed by atoms with van der Waals surface area (Å²) in [6.45, 7) is 3.84. The van der Waals surface area contributed by atoms with Crippen LogP contribution in [0.1, 0.15) is 29.9 Å². The third-order valence-electron chi connectivity index (χ3n) is 2.83. The van der Waals surface area contributed by atoms with Crippen molar-refractivity contribution in [2.75, 3.05) is 18.9 Å². The first-order valence-electron chi connectivity index (χ1n) is 5.07. The summed E-state index contributed by atoms with van der Waals surface area (Å²) >= 11 is 0. The van der Waals surface area contributed by atoms with E-state index in [1.54, 1.807) is 0 Å². The first kappa shape index (κ1) is 9.46. The van der Waals surface area contributed by atoms with Gasteiger partial charge in [0.1, 0.15) is 5.82 Å². The Balaban J connectivity index is 2.22. The highest BCUT2D eigenvalue weighted by Gasteiger charge is 2.17. The standard InChI is InChI=1S/C11H16N2O/c1-8-6-11(12)13-7-10(8)9-2-4-14-5-3-9/h6-7,9H,2-5H2,1H3,(H2,12,13). The Labute approximate surface area is 84.3 Å². The van der Waals surface area contributed by atoms with Crippen LogP contribution in [0.25, 0.3) is 0 Å². The van der Waals surface area contributed by atoms with Crippen LogP contribution >= 0.6 is 0 Å². The molecule has 3 nitrogen and oxygen atoms in total. The van der Waals surface area contributed by atoms with Crippen molar-refractivity contribution in [1.82, 2.24) is 4.98 Å². The Morgan fingerprint density at radius 3 is 2.79 bits per heavy atom. The Kier molecular flexibility index (Phi) is 2.68. The van der Waals surface area contributed by atoms with Crippen LogP contribution in [0, 0.1) is 6.92 Å². The van der Waals surface area contributed by atoms with Crippen LogP contribution in [0.4, 0.5) is 5.82 Å². The topological polar surface area (TPSA) is 48.1 Å². The number of nitrogens with zero attached hydrogens (tertiary/aromatic N) is 1. The monoisotopic (exact) mass is 192 g/mol. The molecule has 0 saturated carbocycles. The van der Waals surface area contributed by atoms with Gasteiger partial charge in [0.05, 0.1) is 0 Å². The number of nitrogens with two attached hydrogens (primary N) is 1. The maximum atomic E-state index is 5.62. The van der Waals surface area contributed by atoms with E-state index in [1.807, 2.05) is 12.3 Å². The number of aromatic nitrogens is 1. The fourth-order valence-corrected chi connectivity index (χ4v) is 2.02. The summed E-state index contributed by atoms with van der Waals surface area (Å²) in [5, 5.41) is 0. The summed E-state index contributed by atoms with van der Waals surface area (Å²) < 4.78 is 5.34. The first-order valence-corrected chi connectivity index (χ1v) is 5.07. The van der Waals surface area contributed by atoms with E-state index in [1.165, 1.54) is 11.1 Å². The van der Waals surface area contributed by atoms with Gasteiger partial charge in [-0.25, -0.2) is 4.98 Å². The molecule has 1 saturated heterocycles. The fraction of sp³-hybridized carbons (Fsp3) is 0.545. The molecule has 0 radical (unpaired) electrons. The second-order valence-electron chi connectivity index (χ2n) is 3.85. The Hall–Kier alpha value is -1.09. The van der Waals surface area contributed by atoms with Gasteiger partial charge in [-0.1, -0.05) is 0 Å². The SMILES string of the molecule is Cc1cc(N)ncc1C1CCOCC1. The molecule has 3 heteroatoms. The van der Waals surface area contributed by atoms with Crippen molar-refractivity contribution >= 4 is 5.82 Å². The molecule has 0 amide bonds. The smallest absolute Gasteiger partial charge is 0.123 e. The number of rotatable bonds is 1. The highest BCUT2D eigenvalue weighted by Crippen LogP contribution is 2.28. The summed E-state index contributed by atoms with van der Waals surface area (Å²) in [4.78, 5) is 4.15. The van der Waals surface area contributed by atoms with E-state index in [4.69, 9.17) is 10.5 Å². The van der Waals surface area contributed by atoms with Gasteiger partial charge in [-0.15, -0.1) is 0 Å². The number of nitrogen functional groups attached to an aromatic ring is 1. The minimum atomic E-state index is 0.608. The van der Waals surface area contributed by atoms with E-state index in [0.717, 1.165) is 26.1 Å². The number of pyridine rings is 1. The molecular formula is C11H16N2O. The van der Waals surface area contributed by atoms with Crippen molar-refractivity contribution in [2.45, 2.75) is 25.7 Å². The zero-order valence-electron chi connectivity index (χ0n) is 8.49. The molecule has 2 N–H and O–H groups in total. The lowest BCUT2D eigenvalue weighted by atomic mass is 9.90. The van der Waals surface area contributed by atoms with Crippen LogP contribution in [0.2, 0.25) is 0 Å². The molecule has 0 spiro atoms. The van der Waals surface area contributed by atoms with E-state index in [9.17, 15) is 0 Å². The Bertz CT molecular complexity index is 319. The summed E-state index contributed by atoms with van der Waals surface area (Å²) in [7, 11) is 0. The fourth-order valence-electron chi connectivity index (χ4n) is 2.02. The molecule has 14 heavy (non-hydrogen) atoms. The molecule has 2 heterocycles. The first-order chi connectivity index (χ1) is 6.77. The molecule has 0 bridgehead atoms. The lowest BCUT2D eigenvalue weighted by molar-refractivity contribution is 0.0851. The van der Waals surface area contributed by atoms with E-state index >= 15 is 0 Å². The van der Waals surface area contributed by atoms with Gasteiger partial charge < -0.3 is 10.5 Å². The Morgan fingerprint density at radius 2 is 2.14 bits per heavy atom. The highest BCUT2D eigenvalue weighted by atomic mass is 16.5. The van der Waals surface area contributed by atoms with Gasteiger partial charge >= 0.3 is 0 Å². The molecule has 1 fully saturated rings. The van der Waals surface area contributed by atoms with Crippen LogP contribution in [-0.2, 0) is 4.74 Å². The van der Waals surface area contributed by atoms with Crippen LogP contribution in [0.15, 0.2) is 12.3 Å². The van der Waals surface area contributed by atoms with Gasteiger partial charge in [0.15, 0.2) is 0 Å². The number of anilines is 1. The lowest BCUT2D eigenvalue weighted by Crippen LogP contribution is -2.15. The van der Waals surface area contributed by atoms with Crippen LogP contribution < -0.4 is 5.73 Å². The minimum absolute atomic E-state index is 0.608. The third kappa shape index (κ3) is 1.87. The summed E-state index contributed by atoms with van der Waals surface area (Å²) in [6, 6.07) is 1.95. The largest absolute Gasteiger partial charge is 0.384 e. The molecule has 0 aliphatic carbocycles. The van der Waals surface area contributed by atoms with Gasteiger partial charge in [0.2, 0.25) is 0 Å². The molecule has 0 unspecified atom stereocenters. The predicted molar refractivity (Wildman–Crippen MR) is 56.2 cm³/mol. The molecule has 1 aromatic rings. The van der Waals surface area contributed by atoms with Gasteiger partial charge in [-0.3, -0.25) is 0 Å². The summed E-state index contributed by atoms with van der Waals surface area (Å²) in [5.41, 5.74) is 8.21. The number of ether oxygens (including phenoxy) is 1. The number of hydrogen-bond acceptors (Lipinski definition) is 3. The molecule has 0 aromatic carbocycles. The maximum absolute atomic E-state index is 5.62. The third-order valence-corrected chi connectivity index (χ3v) is 2.83. The number of hydrogen-bond donors (Lipinski definition) is 1. The number of aryl methyl sites for hydroxylation is 1. The molecule has 76 valence electrons. The predicted octanol–water partition coefficient (Wildman–Crippen LogP) is 1.87. The second kappa shape index (κ2) is 3.96. The molecule has 1 aliphatic heterocycles. The molecule has 1 aliphatic rings. The lowest BCUT2D eigenvalue weighted by Gasteiger charge is -2.23. The van der Waals surface area contributed by atoms with Crippen molar-refractivity contribution in [3.63, 3.8) is 0 Å². The van der Waals surface area contributed by atoms with E-state index in [0.29, 0.717) is 11.7 Å². The van der Waals surface area contributed by atoms with Gasteiger partial charge in [0.25, 0.3) is 0 Å². The molecule has 1 aromatic heterocycles. The van der Waals surface area contributed by atoms with Crippen LogP contribution in [0.5, 0.6) is 0 Å². The average Bonchev–Trinajstić information content (AvgIpc) is 2.19. The zero-order chi connectivity index (χ0) is 9.97. The second-order valence-corrected chi connectivity index (χ2v) is 3.85. The van der Waals surface area contributed by atoms with E-state index in [2.05, 4.69) is 11.9 Å². The van der Waals surface area contributed by atoms with Crippen molar-refractivity contribution < 1.29 is 4.74 Å². The van der Waals surface area contributed by atoms with Gasteiger partial charge in [-0.2, -0.15) is 0 Å². The van der Waals surface area contributed by atoms with E-state index < -0.39 is 0 Å². The van der Waals surface area contributed by atoms with Crippen molar-refractivity contribution in [2.24, 2.45) is 0 Å². The quantitative estimate of drug-likeness (QED) is 0.739. The van der Waals surface area contributed by atoms with Gasteiger partial charge in [0, 0.05) is 19.4 Å².